The molecule has 0 aliphatic heterocycles. The third-order valence-corrected chi connectivity index (χ3v) is 7.36. The van der Waals surface area contributed by atoms with Crippen molar-refractivity contribution in [3.63, 3.8) is 0 Å². The van der Waals surface area contributed by atoms with Crippen molar-refractivity contribution >= 4 is 44.4 Å². The summed E-state index contributed by atoms with van der Waals surface area (Å²) in [7, 11) is 0. The van der Waals surface area contributed by atoms with E-state index in [9.17, 15) is 0 Å². The summed E-state index contributed by atoms with van der Waals surface area (Å²) in [6.07, 6.45) is 0. The van der Waals surface area contributed by atoms with Gasteiger partial charge in [0.15, 0.2) is 5.84 Å². The molecule has 0 aliphatic rings. The van der Waals surface area contributed by atoms with Crippen LogP contribution in [0.1, 0.15) is 16.7 Å². The quantitative estimate of drug-likeness (QED) is 0.179. The Morgan fingerprint density at radius 2 is 1.27 bits per heavy atom. The van der Waals surface area contributed by atoms with Gasteiger partial charge in [-0.2, -0.15) is 0 Å². The zero-order valence-electron chi connectivity index (χ0n) is 22.4. The van der Waals surface area contributed by atoms with E-state index in [4.69, 9.17) is 20.1 Å². The van der Waals surface area contributed by atoms with Gasteiger partial charge in [0.2, 0.25) is 0 Å². The molecule has 0 unspecified atom stereocenters. The Kier molecular flexibility index (Phi) is 6.34. The van der Waals surface area contributed by atoms with Crippen molar-refractivity contribution in [2.45, 2.75) is 6.54 Å². The molecule has 0 saturated carbocycles. The molecule has 1 aromatic heterocycles. The number of nitrogens with two attached hydrogens (primary N) is 1. The first-order valence-corrected chi connectivity index (χ1v) is 13.7. The van der Waals surface area contributed by atoms with Crippen LogP contribution >= 0.6 is 0 Å². The molecule has 0 saturated heterocycles. The summed E-state index contributed by atoms with van der Waals surface area (Å²) in [5.74, 6) is 1.02. The standard InChI is InChI=1S/C37H27N3O/c38-36(26-14-5-2-6-15-26)40-37(39-24-25-12-3-1-4-13-25)28-22-27-16-7-8-17-29(27)32(23-28)30-19-11-21-34-35(30)31-18-9-10-20-33(31)41-34/h1-23H,24H2,(H2,38,39,40). The van der Waals surface area contributed by atoms with Gasteiger partial charge in [-0.25, -0.2) is 4.99 Å². The highest BCUT2D eigenvalue weighted by molar-refractivity contribution is 6.17. The highest BCUT2D eigenvalue weighted by Crippen LogP contribution is 2.39. The molecular weight excluding hydrogens is 502 g/mol. The second-order valence-electron chi connectivity index (χ2n) is 10.0. The zero-order valence-corrected chi connectivity index (χ0v) is 22.4. The fraction of sp³-hybridized carbons (Fsp3) is 0.0270. The van der Waals surface area contributed by atoms with Crippen molar-refractivity contribution in [1.82, 2.24) is 0 Å². The molecule has 4 heteroatoms. The monoisotopic (exact) mass is 529 g/mol. The number of fused-ring (bicyclic) bond motifs is 4. The van der Waals surface area contributed by atoms with Gasteiger partial charge in [-0.1, -0.05) is 115 Å². The topological polar surface area (TPSA) is 63.9 Å². The number of hydrogen-bond donors (Lipinski definition) is 1. The molecule has 0 atom stereocenters. The highest BCUT2D eigenvalue weighted by Gasteiger charge is 2.16. The van der Waals surface area contributed by atoms with Gasteiger partial charge < -0.3 is 10.2 Å². The van der Waals surface area contributed by atoms with Crippen LogP contribution in [-0.4, -0.2) is 11.7 Å². The number of hydrogen-bond acceptors (Lipinski definition) is 2. The maximum Gasteiger partial charge on any atom is 0.157 e. The van der Waals surface area contributed by atoms with Gasteiger partial charge in [-0.15, -0.1) is 0 Å². The van der Waals surface area contributed by atoms with Crippen molar-refractivity contribution in [3.05, 3.63) is 156 Å². The Morgan fingerprint density at radius 3 is 2.10 bits per heavy atom. The van der Waals surface area contributed by atoms with Crippen LogP contribution in [0.2, 0.25) is 0 Å². The summed E-state index contributed by atoms with van der Waals surface area (Å²) in [6, 6.07) is 47.2. The third-order valence-electron chi connectivity index (χ3n) is 7.36. The van der Waals surface area contributed by atoms with Crippen LogP contribution < -0.4 is 5.73 Å². The molecule has 4 nitrogen and oxygen atoms in total. The molecule has 0 spiro atoms. The number of nitrogens with zero attached hydrogens (tertiary/aromatic N) is 2. The molecule has 2 N–H and O–H groups in total. The van der Waals surface area contributed by atoms with Crippen LogP contribution in [0, 0.1) is 0 Å². The molecule has 1 heterocycles. The maximum absolute atomic E-state index is 6.54. The van der Waals surface area contributed by atoms with E-state index in [1.54, 1.807) is 0 Å². The van der Waals surface area contributed by atoms with E-state index in [1.807, 2.05) is 66.7 Å². The second-order valence-corrected chi connectivity index (χ2v) is 10.0. The first kappa shape index (κ1) is 24.6. The molecule has 0 amide bonds. The fourth-order valence-corrected chi connectivity index (χ4v) is 5.39. The van der Waals surface area contributed by atoms with Crippen LogP contribution in [0.15, 0.2) is 154 Å². The predicted molar refractivity (Wildman–Crippen MR) is 171 cm³/mol. The summed E-state index contributed by atoms with van der Waals surface area (Å²) in [5, 5.41) is 4.44. The van der Waals surface area contributed by atoms with E-state index in [2.05, 4.69) is 72.8 Å². The molecule has 41 heavy (non-hydrogen) atoms. The second kappa shape index (κ2) is 10.6. The fourth-order valence-electron chi connectivity index (χ4n) is 5.39. The SMILES string of the molecule is N/C(=N\C(=N/Cc1ccccc1)c1cc(-c2cccc3oc4ccccc4c23)c2ccccc2c1)c1ccccc1. The summed E-state index contributed by atoms with van der Waals surface area (Å²) in [4.78, 5) is 9.91. The molecule has 0 fully saturated rings. The van der Waals surface area contributed by atoms with Crippen molar-refractivity contribution < 1.29 is 4.42 Å². The zero-order chi connectivity index (χ0) is 27.6. The molecule has 7 rings (SSSR count). The number of amidine groups is 2. The van der Waals surface area contributed by atoms with E-state index in [0.717, 1.165) is 60.5 Å². The number of para-hydroxylation sites is 1. The molecule has 0 aliphatic carbocycles. The van der Waals surface area contributed by atoms with Crippen LogP contribution in [0.5, 0.6) is 0 Å². The van der Waals surface area contributed by atoms with Gasteiger partial charge in [-0.3, -0.25) is 4.99 Å². The van der Waals surface area contributed by atoms with Gasteiger partial charge in [0.05, 0.1) is 6.54 Å². The van der Waals surface area contributed by atoms with Crippen molar-refractivity contribution in [2.24, 2.45) is 15.7 Å². The molecule has 6 aromatic carbocycles. The number of benzene rings is 6. The van der Waals surface area contributed by atoms with Gasteiger partial charge in [0, 0.05) is 21.9 Å². The third kappa shape index (κ3) is 4.77. The lowest BCUT2D eigenvalue weighted by Crippen LogP contribution is -2.16. The Bertz CT molecular complexity index is 2070. The van der Waals surface area contributed by atoms with Crippen LogP contribution in [0.25, 0.3) is 43.8 Å². The van der Waals surface area contributed by atoms with Crippen LogP contribution in [-0.2, 0) is 6.54 Å². The predicted octanol–water partition coefficient (Wildman–Crippen LogP) is 8.76. The summed E-state index contributed by atoms with van der Waals surface area (Å²) in [6.45, 7) is 0.492. The average Bonchev–Trinajstić information content (AvgIpc) is 3.42. The normalized spacial score (nSPS) is 12.4. The Morgan fingerprint density at radius 1 is 0.585 bits per heavy atom. The minimum atomic E-state index is 0.426. The van der Waals surface area contributed by atoms with Crippen LogP contribution in [0.4, 0.5) is 0 Å². The van der Waals surface area contributed by atoms with Gasteiger partial charge in [0.1, 0.15) is 17.0 Å². The molecule has 196 valence electrons. The van der Waals surface area contributed by atoms with E-state index in [-0.39, 0.29) is 0 Å². The van der Waals surface area contributed by atoms with Gasteiger partial charge >= 0.3 is 0 Å². The maximum atomic E-state index is 6.54. The van der Waals surface area contributed by atoms with E-state index < -0.39 is 0 Å². The van der Waals surface area contributed by atoms with Crippen LogP contribution in [0.3, 0.4) is 0 Å². The Balaban J connectivity index is 1.46. The number of aliphatic imine (C=N–C) groups is 2. The minimum Gasteiger partial charge on any atom is -0.456 e. The number of furan rings is 1. The molecule has 0 bridgehead atoms. The first-order chi connectivity index (χ1) is 20.2. The molecule has 0 radical (unpaired) electrons. The summed E-state index contributed by atoms with van der Waals surface area (Å²) in [5.41, 5.74) is 13.3. The smallest absolute Gasteiger partial charge is 0.157 e. The molecular formula is C37H27N3O. The van der Waals surface area contributed by atoms with Crippen molar-refractivity contribution in [2.75, 3.05) is 0 Å². The largest absolute Gasteiger partial charge is 0.456 e. The summed E-state index contributed by atoms with van der Waals surface area (Å²) >= 11 is 0. The van der Waals surface area contributed by atoms with E-state index in [0.29, 0.717) is 18.2 Å². The van der Waals surface area contributed by atoms with Gasteiger partial charge in [0.25, 0.3) is 0 Å². The lowest BCUT2D eigenvalue weighted by atomic mass is 9.92. The first-order valence-electron chi connectivity index (χ1n) is 13.7. The van der Waals surface area contributed by atoms with Gasteiger partial charge in [-0.05, 0) is 51.7 Å². The van der Waals surface area contributed by atoms with Crippen molar-refractivity contribution in [1.29, 1.82) is 0 Å². The van der Waals surface area contributed by atoms with Crippen molar-refractivity contribution in [3.8, 4) is 11.1 Å². The number of rotatable bonds is 5. The Labute approximate surface area is 238 Å². The molecule has 7 aromatic rings. The highest BCUT2D eigenvalue weighted by atomic mass is 16.3. The van der Waals surface area contributed by atoms with E-state index in [1.165, 1.54) is 0 Å². The summed E-state index contributed by atoms with van der Waals surface area (Å²) < 4.78 is 6.23. The Hall–Kier alpha value is -5.48. The lowest BCUT2D eigenvalue weighted by Gasteiger charge is -2.13. The van der Waals surface area contributed by atoms with E-state index >= 15 is 0 Å². The minimum absolute atomic E-state index is 0.426. The average molecular weight is 530 g/mol. The lowest BCUT2D eigenvalue weighted by molar-refractivity contribution is 0.669.